The van der Waals surface area contributed by atoms with Gasteiger partial charge in [-0.3, -0.25) is 9.69 Å². The Morgan fingerprint density at radius 1 is 1.40 bits per heavy atom. The molecule has 0 radical (unpaired) electrons. The van der Waals surface area contributed by atoms with Crippen LogP contribution in [0, 0.1) is 0 Å². The average molecular weight is 231 g/mol. The number of thioether (sulfide) groups is 1. The molecule has 5 heteroatoms. The van der Waals surface area contributed by atoms with Gasteiger partial charge in [-0.2, -0.15) is 0 Å². The normalized spacial score (nSPS) is 21.6. The Hall–Kier alpha value is -0.710. The fourth-order valence-electron chi connectivity index (χ4n) is 1.28. The number of Topliss-reactive ketones (excluding diaryl/α,β-unsaturated/α-hetero) is 1. The van der Waals surface area contributed by atoms with Gasteiger partial charge in [0.25, 0.3) is 0 Å². The van der Waals surface area contributed by atoms with Crippen LogP contribution in [0.2, 0.25) is 0 Å². The summed E-state index contributed by atoms with van der Waals surface area (Å²) in [6, 6.07) is -0.315. The Labute approximate surface area is 94.3 Å². The molecule has 0 N–H and O–H groups in total. The molecule has 0 saturated carbocycles. The molecule has 0 spiro atoms. The maximum atomic E-state index is 11.7. The topological polar surface area (TPSA) is 46.6 Å². The van der Waals surface area contributed by atoms with Crippen molar-refractivity contribution in [2.75, 3.05) is 11.6 Å². The zero-order valence-corrected chi connectivity index (χ0v) is 10.4. The van der Waals surface area contributed by atoms with Crippen LogP contribution in [0.5, 0.6) is 0 Å². The van der Waals surface area contributed by atoms with Crippen LogP contribution in [0.1, 0.15) is 27.7 Å². The van der Waals surface area contributed by atoms with Crippen molar-refractivity contribution in [3.05, 3.63) is 0 Å². The molecule has 0 aromatic carbocycles. The quantitative estimate of drug-likeness (QED) is 0.691. The minimum absolute atomic E-state index is 0.0193. The van der Waals surface area contributed by atoms with E-state index in [4.69, 9.17) is 4.74 Å². The number of carbonyl (C=O) groups excluding carboxylic acids is 2. The van der Waals surface area contributed by atoms with Gasteiger partial charge in [0, 0.05) is 5.75 Å². The van der Waals surface area contributed by atoms with Crippen molar-refractivity contribution in [2.24, 2.45) is 0 Å². The lowest BCUT2D eigenvalue weighted by Crippen LogP contribution is -2.43. The molecule has 1 atom stereocenters. The summed E-state index contributed by atoms with van der Waals surface area (Å²) in [6.07, 6.45) is -0.396. The summed E-state index contributed by atoms with van der Waals surface area (Å²) < 4.78 is 5.22. The van der Waals surface area contributed by atoms with E-state index in [-0.39, 0.29) is 11.8 Å². The van der Waals surface area contributed by atoms with E-state index in [1.165, 1.54) is 11.8 Å². The molecule has 1 rings (SSSR count). The van der Waals surface area contributed by atoms with Gasteiger partial charge in [0.05, 0.1) is 5.88 Å². The second-order valence-electron chi connectivity index (χ2n) is 4.58. The molecule has 1 unspecified atom stereocenters. The highest BCUT2D eigenvalue weighted by Gasteiger charge is 2.35. The number of carbonyl (C=O) groups is 2. The van der Waals surface area contributed by atoms with E-state index in [2.05, 4.69) is 0 Å². The van der Waals surface area contributed by atoms with Gasteiger partial charge in [0.1, 0.15) is 11.6 Å². The predicted octanol–water partition coefficient (Wildman–Crippen LogP) is 1.89. The zero-order valence-electron chi connectivity index (χ0n) is 9.57. The molecule has 0 aromatic rings. The van der Waals surface area contributed by atoms with Crippen LogP contribution in [0.3, 0.4) is 0 Å². The van der Waals surface area contributed by atoms with Crippen molar-refractivity contribution in [1.29, 1.82) is 0 Å². The van der Waals surface area contributed by atoms with Gasteiger partial charge in [-0.25, -0.2) is 4.79 Å². The molecule has 0 bridgehead atoms. The molecule has 0 aliphatic carbocycles. The SMILES string of the molecule is CC(=O)C1CSCN1C(=O)OC(C)(C)C. The molecule has 1 heterocycles. The first-order valence-corrected chi connectivity index (χ1v) is 6.04. The van der Waals surface area contributed by atoms with Crippen LogP contribution in [0.25, 0.3) is 0 Å². The molecular formula is C10H17NO3S. The highest BCUT2D eigenvalue weighted by Crippen LogP contribution is 2.23. The van der Waals surface area contributed by atoms with Gasteiger partial charge in [-0.15, -0.1) is 11.8 Å². The fraction of sp³-hybridized carbons (Fsp3) is 0.800. The van der Waals surface area contributed by atoms with Gasteiger partial charge in [0.2, 0.25) is 0 Å². The summed E-state index contributed by atoms with van der Waals surface area (Å²) in [5.41, 5.74) is -0.508. The van der Waals surface area contributed by atoms with Gasteiger partial charge in [-0.1, -0.05) is 0 Å². The summed E-state index contributed by atoms with van der Waals surface area (Å²) in [5, 5.41) is 0. The van der Waals surface area contributed by atoms with Crippen molar-refractivity contribution in [3.63, 3.8) is 0 Å². The van der Waals surface area contributed by atoms with Crippen LogP contribution in [-0.4, -0.2) is 40.0 Å². The highest BCUT2D eigenvalue weighted by atomic mass is 32.2. The molecule has 1 aliphatic rings. The minimum Gasteiger partial charge on any atom is -0.444 e. The van der Waals surface area contributed by atoms with Crippen LogP contribution >= 0.6 is 11.8 Å². The fourth-order valence-corrected chi connectivity index (χ4v) is 2.51. The Balaban J connectivity index is 2.63. The highest BCUT2D eigenvalue weighted by molar-refractivity contribution is 7.99. The smallest absolute Gasteiger partial charge is 0.411 e. The third-order valence-corrected chi connectivity index (χ3v) is 2.99. The lowest BCUT2D eigenvalue weighted by atomic mass is 10.2. The Bertz CT molecular complexity index is 272. The van der Waals surface area contributed by atoms with Crippen LogP contribution in [0.4, 0.5) is 4.79 Å². The van der Waals surface area contributed by atoms with Crippen LogP contribution < -0.4 is 0 Å². The maximum absolute atomic E-state index is 11.7. The second-order valence-corrected chi connectivity index (χ2v) is 5.58. The standard InChI is InChI=1S/C10H17NO3S/c1-7(12)8-5-15-6-11(8)9(13)14-10(2,3)4/h8H,5-6H2,1-4H3. The first kappa shape index (κ1) is 12.4. The molecule has 4 nitrogen and oxygen atoms in total. The van der Waals surface area contributed by atoms with E-state index in [1.807, 2.05) is 20.8 Å². The summed E-state index contributed by atoms with van der Waals surface area (Å²) in [5.74, 6) is 1.24. The second kappa shape index (κ2) is 4.43. The molecule has 1 aliphatic heterocycles. The van der Waals surface area contributed by atoms with Gasteiger partial charge < -0.3 is 4.74 Å². The van der Waals surface area contributed by atoms with Crippen molar-refractivity contribution in [3.8, 4) is 0 Å². The van der Waals surface area contributed by atoms with E-state index in [0.29, 0.717) is 11.6 Å². The van der Waals surface area contributed by atoms with E-state index >= 15 is 0 Å². The van der Waals surface area contributed by atoms with Crippen molar-refractivity contribution in [1.82, 2.24) is 4.90 Å². The zero-order chi connectivity index (χ0) is 11.6. The number of nitrogens with zero attached hydrogens (tertiary/aromatic N) is 1. The number of rotatable bonds is 1. The molecule has 86 valence electrons. The van der Waals surface area contributed by atoms with Crippen molar-refractivity contribution < 1.29 is 14.3 Å². The van der Waals surface area contributed by atoms with E-state index in [1.54, 1.807) is 11.8 Å². The lowest BCUT2D eigenvalue weighted by Gasteiger charge is -2.26. The maximum Gasteiger partial charge on any atom is 0.411 e. The van der Waals surface area contributed by atoms with Gasteiger partial charge in [-0.05, 0) is 27.7 Å². The largest absolute Gasteiger partial charge is 0.444 e. The third kappa shape index (κ3) is 3.41. The summed E-state index contributed by atoms with van der Waals surface area (Å²) in [7, 11) is 0. The third-order valence-electron chi connectivity index (χ3n) is 1.98. The monoisotopic (exact) mass is 231 g/mol. The van der Waals surface area contributed by atoms with E-state index < -0.39 is 11.7 Å². The molecule has 1 saturated heterocycles. The predicted molar refractivity (Wildman–Crippen MR) is 59.9 cm³/mol. The first-order chi connectivity index (χ1) is 6.81. The van der Waals surface area contributed by atoms with Crippen molar-refractivity contribution in [2.45, 2.75) is 39.3 Å². The number of ether oxygens (including phenoxy) is 1. The Morgan fingerprint density at radius 3 is 2.47 bits per heavy atom. The molecule has 15 heavy (non-hydrogen) atoms. The number of hydrogen-bond donors (Lipinski definition) is 0. The molecular weight excluding hydrogens is 214 g/mol. The van der Waals surface area contributed by atoms with Gasteiger partial charge in [0.15, 0.2) is 5.78 Å². The minimum atomic E-state index is -0.508. The lowest BCUT2D eigenvalue weighted by molar-refractivity contribution is -0.120. The molecule has 0 aromatic heterocycles. The number of hydrogen-bond acceptors (Lipinski definition) is 4. The number of amides is 1. The summed E-state index contributed by atoms with van der Waals surface area (Å²) in [6.45, 7) is 6.96. The Kier molecular flexibility index (Phi) is 3.65. The van der Waals surface area contributed by atoms with Crippen LogP contribution in [-0.2, 0) is 9.53 Å². The summed E-state index contributed by atoms with van der Waals surface area (Å²) >= 11 is 1.58. The van der Waals surface area contributed by atoms with Crippen molar-refractivity contribution >= 4 is 23.6 Å². The molecule has 1 fully saturated rings. The molecule has 1 amide bonds. The number of ketones is 1. The average Bonchev–Trinajstić information content (AvgIpc) is 2.47. The van der Waals surface area contributed by atoms with Gasteiger partial charge >= 0.3 is 6.09 Å². The Morgan fingerprint density at radius 2 is 2.00 bits per heavy atom. The first-order valence-electron chi connectivity index (χ1n) is 4.89. The van der Waals surface area contributed by atoms with Crippen LogP contribution in [0.15, 0.2) is 0 Å². The summed E-state index contributed by atoms with van der Waals surface area (Å²) in [4.78, 5) is 24.5. The van der Waals surface area contributed by atoms with E-state index in [9.17, 15) is 9.59 Å². The van der Waals surface area contributed by atoms with E-state index in [0.717, 1.165) is 0 Å².